The molecule has 0 radical (unpaired) electrons. The van der Waals surface area contributed by atoms with E-state index in [-0.39, 0.29) is 0 Å². The minimum absolute atomic E-state index is 0.380. The molecule has 7 nitrogen and oxygen atoms in total. The summed E-state index contributed by atoms with van der Waals surface area (Å²) in [6.07, 6.45) is 2.50. The Morgan fingerprint density at radius 2 is 2.00 bits per heavy atom. The van der Waals surface area contributed by atoms with Gasteiger partial charge in [-0.05, 0) is 30.8 Å². The molecule has 0 bridgehead atoms. The van der Waals surface area contributed by atoms with Crippen molar-refractivity contribution in [1.82, 2.24) is 19.9 Å². The lowest BCUT2D eigenvalue weighted by molar-refractivity contribution is 0.269. The van der Waals surface area contributed by atoms with Crippen LogP contribution in [0.3, 0.4) is 0 Å². The van der Waals surface area contributed by atoms with Gasteiger partial charge in [0.25, 0.3) is 0 Å². The maximum absolute atomic E-state index is 6.15. The number of nitrogens with one attached hydrogen (secondary N) is 1. The number of nitrogens with zero attached hydrogens (tertiary/aromatic N) is 4. The standard InChI is InChI=1S/C24H23Cl2N5O2S/c1-3-31-7-6-18-22(11-31)34-23(30-18)12-33-21-10-19-15(9-20(21)32-2)24(28-13-27-19)29-14-4-5-16(25)17(26)8-14/h4-5,8-10,13H,3,6-7,11-12H2,1-2H3,(H,27,28,29). The number of hydrogen-bond acceptors (Lipinski definition) is 8. The number of hydrogen-bond donors (Lipinski definition) is 1. The summed E-state index contributed by atoms with van der Waals surface area (Å²) in [6.45, 7) is 5.65. The van der Waals surface area contributed by atoms with E-state index in [4.69, 9.17) is 37.7 Å². The van der Waals surface area contributed by atoms with Gasteiger partial charge in [-0.15, -0.1) is 11.3 Å². The molecule has 1 N–H and O–H groups in total. The predicted octanol–water partition coefficient (Wildman–Crippen LogP) is 6.10. The van der Waals surface area contributed by atoms with Crippen molar-refractivity contribution in [3.63, 3.8) is 0 Å². The van der Waals surface area contributed by atoms with Crippen molar-refractivity contribution in [3.05, 3.63) is 62.3 Å². The van der Waals surface area contributed by atoms with Gasteiger partial charge in [0, 0.05) is 41.5 Å². The molecular formula is C24H23Cl2N5O2S. The highest BCUT2D eigenvalue weighted by atomic mass is 35.5. The smallest absolute Gasteiger partial charge is 0.163 e. The van der Waals surface area contributed by atoms with Crippen molar-refractivity contribution in [3.8, 4) is 11.5 Å². The number of methoxy groups -OCH3 is 1. The van der Waals surface area contributed by atoms with Crippen LogP contribution in [0, 0.1) is 0 Å². The van der Waals surface area contributed by atoms with Gasteiger partial charge in [-0.3, -0.25) is 4.90 Å². The summed E-state index contributed by atoms with van der Waals surface area (Å²) >= 11 is 13.9. The number of thiazole rings is 1. The van der Waals surface area contributed by atoms with Crippen LogP contribution in [0.4, 0.5) is 11.5 Å². The molecule has 4 aromatic rings. The van der Waals surface area contributed by atoms with Gasteiger partial charge >= 0.3 is 0 Å². The Labute approximate surface area is 211 Å². The minimum Gasteiger partial charge on any atom is -0.493 e. The molecular weight excluding hydrogens is 493 g/mol. The molecule has 1 aliphatic rings. The first kappa shape index (κ1) is 23.1. The van der Waals surface area contributed by atoms with Gasteiger partial charge in [-0.25, -0.2) is 15.0 Å². The number of aromatic nitrogens is 3. The summed E-state index contributed by atoms with van der Waals surface area (Å²) in [5, 5.41) is 5.99. The number of rotatable bonds is 7. The molecule has 176 valence electrons. The normalized spacial score (nSPS) is 13.6. The van der Waals surface area contributed by atoms with Crippen molar-refractivity contribution in [2.45, 2.75) is 26.5 Å². The molecule has 2 aromatic carbocycles. The monoisotopic (exact) mass is 515 g/mol. The summed E-state index contributed by atoms with van der Waals surface area (Å²) in [5.41, 5.74) is 2.69. The van der Waals surface area contributed by atoms with E-state index in [0.29, 0.717) is 34.0 Å². The molecule has 0 aliphatic carbocycles. The SMILES string of the molecule is CCN1CCc2nc(COc3cc4ncnc(Nc5ccc(Cl)c(Cl)c5)c4cc3OC)sc2C1. The highest BCUT2D eigenvalue weighted by Crippen LogP contribution is 2.36. The highest BCUT2D eigenvalue weighted by Gasteiger charge is 2.20. The largest absolute Gasteiger partial charge is 0.493 e. The number of halogens is 2. The van der Waals surface area contributed by atoms with E-state index in [0.717, 1.165) is 47.7 Å². The summed E-state index contributed by atoms with van der Waals surface area (Å²) in [7, 11) is 1.62. The zero-order chi connectivity index (χ0) is 23.7. The van der Waals surface area contributed by atoms with Crippen LogP contribution in [0.1, 0.15) is 22.5 Å². The molecule has 3 heterocycles. The second kappa shape index (κ2) is 9.92. The molecule has 34 heavy (non-hydrogen) atoms. The second-order valence-corrected chi connectivity index (χ2v) is 9.86. The first-order chi connectivity index (χ1) is 16.5. The molecule has 0 unspecified atom stereocenters. The number of anilines is 2. The van der Waals surface area contributed by atoms with Crippen molar-refractivity contribution in [2.24, 2.45) is 0 Å². The topological polar surface area (TPSA) is 72.4 Å². The van der Waals surface area contributed by atoms with Crippen LogP contribution in [0.25, 0.3) is 10.9 Å². The van der Waals surface area contributed by atoms with Crippen LogP contribution in [-0.4, -0.2) is 40.1 Å². The van der Waals surface area contributed by atoms with Crippen LogP contribution in [0.5, 0.6) is 11.5 Å². The Morgan fingerprint density at radius 3 is 2.79 bits per heavy atom. The fourth-order valence-electron chi connectivity index (χ4n) is 3.92. The van der Waals surface area contributed by atoms with E-state index in [1.807, 2.05) is 18.2 Å². The highest BCUT2D eigenvalue weighted by molar-refractivity contribution is 7.11. The number of benzene rings is 2. The van der Waals surface area contributed by atoms with Crippen LogP contribution in [0.15, 0.2) is 36.7 Å². The van der Waals surface area contributed by atoms with Gasteiger partial charge in [-0.1, -0.05) is 30.1 Å². The lowest BCUT2D eigenvalue weighted by atomic mass is 10.2. The summed E-state index contributed by atoms with van der Waals surface area (Å²) in [4.78, 5) is 17.4. The second-order valence-electron chi connectivity index (χ2n) is 7.88. The molecule has 5 rings (SSSR count). The van der Waals surface area contributed by atoms with E-state index in [9.17, 15) is 0 Å². The minimum atomic E-state index is 0.380. The number of fused-ring (bicyclic) bond motifs is 2. The first-order valence-electron chi connectivity index (χ1n) is 10.9. The van der Waals surface area contributed by atoms with Gasteiger partial charge in [0.1, 0.15) is 23.8 Å². The van der Waals surface area contributed by atoms with Crippen molar-refractivity contribution < 1.29 is 9.47 Å². The van der Waals surface area contributed by atoms with Crippen molar-refractivity contribution in [2.75, 3.05) is 25.5 Å². The quantitative estimate of drug-likeness (QED) is 0.318. The van der Waals surface area contributed by atoms with E-state index in [1.165, 1.54) is 16.9 Å². The van der Waals surface area contributed by atoms with Crippen molar-refractivity contribution >= 4 is 56.9 Å². The van der Waals surface area contributed by atoms with Crippen LogP contribution >= 0.6 is 34.5 Å². The third-order valence-corrected chi connectivity index (χ3v) is 7.55. The van der Waals surface area contributed by atoms with Crippen molar-refractivity contribution in [1.29, 1.82) is 0 Å². The number of ether oxygens (including phenoxy) is 2. The first-order valence-corrected chi connectivity index (χ1v) is 12.5. The average molecular weight is 516 g/mol. The lowest BCUT2D eigenvalue weighted by Gasteiger charge is -2.23. The molecule has 0 fully saturated rings. The Kier molecular flexibility index (Phi) is 6.74. The molecule has 1 aliphatic heterocycles. The van der Waals surface area contributed by atoms with E-state index >= 15 is 0 Å². The third kappa shape index (κ3) is 4.77. The Hall–Kier alpha value is -2.65. The average Bonchev–Trinajstić information content (AvgIpc) is 3.26. The van der Waals surface area contributed by atoms with E-state index < -0.39 is 0 Å². The fraction of sp³-hybridized carbons (Fsp3) is 0.292. The Morgan fingerprint density at radius 1 is 1.12 bits per heavy atom. The molecule has 0 saturated heterocycles. The maximum atomic E-state index is 6.15. The summed E-state index contributed by atoms with van der Waals surface area (Å²) in [5.74, 6) is 1.83. The zero-order valence-corrected chi connectivity index (χ0v) is 21.1. The van der Waals surface area contributed by atoms with E-state index in [1.54, 1.807) is 30.6 Å². The van der Waals surface area contributed by atoms with Gasteiger partial charge in [0.05, 0.1) is 28.4 Å². The Balaban J connectivity index is 1.38. The van der Waals surface area contributed by atoms with Crippen LogP contribution < -0.4 is 14.8 Å². The molecule has 10 heteroatoms. The van der Waals surface area contributed by atoms with Gasteiger partial charge in [-0.2, -0.15) is 0 Å². The maximum Gasteiger partial charge on any atom is 0.163 e. The predicted molar refractivity (Wildman–Crippen MR) is 137 cm³/mol. The third-order valence-electron chi connectivity index (χ3n) is 5.76. The fourth-order valence-corrected chi connectivity index (χ4v) is 5.29. The Bertz CT molecular complexity index is 1350. The lowest BCUT2D eigenvalue weighted by Crippen LogP contribution is -2.29. The van der Waals surface area contributed by atoms with E-state index in [2.05, 4.69) is 27.1 Å². The molecule has 0 spiro atoms. The molecule has 0 saturated carbocycles. The molecule has 0 amide bonds. The summed E-state index contributed by atoms with van der Waals surface area (Å²) < 4.78 is 11.8. The molecule has 0 atom stereocenters. The molecule has 2 aromatic heterocycles. The number of likely N-dealkylation sites (N-methyl/N-ethyl adjacent to an activating group) is 1. The van der Waals surface area contributed by atoms with Crippen LogP contribution in [0.2, 0.25) is 10.0 Å². The van der Waals surface area contributed by atoms with Crippen LogP contribution in [-0.2, 0) is 19.6 Å². The van der Waals surface area contributed by atoms with Gasteiger partial charge in [0.2, 0.25) is 0 Å². The van der Waals surface area contributed by atoms with Gasteiger partial charge < -0.3 is 14.8 Å². The summed E-state index contributed by atoms with van der Waals surface area (Å²) in [6, 6.07) is 9.06. The zero-order valence-electron chi connectivity index (χ0n) is 18.8. The van der Waals surface area contributed by atoms with Gasteiger partial charge in [0.15, 0.2) is 11.5 Å².